The highest BCUT2D eigenvalue weighted by atomic mass is 35.5. The third-order valence-electron chi connectivity index (χ3n) is 3.07. The summed E-state index contributed by atoms with van der Waals surface area (Å²) in [6.07, 6.45) is 1.51. The average Bonchev–Trinajstić information content (AvgIpc) is 2.78. The fourth-order valence-corrected chi connectivity index (χ4v) is 2.14. The van der Waals surface area contributed by atoms with Gasteiger partial charge in [0.2, 0.25) is 0 Å². The molecule has 0 aliphatic carbocycles. The molecule has 0 aliphatic rings. The molecule has 0 spiro atoms. The number of alkyl halides is 2. The Morgan fingerprint density at radius 3 is 2.55 bits per heavy atom. The van der Waals surface area contributed by atoms with Gasteiger partial charge in [-0.05, 0) is 24.3 Å². The molecule has 5 nitrogen and oxygen atoms in total. The van der Waals surface area contributed by atoms with E-state index in [-0.39, 0.29) is 18.2 Å². The standard InChI is InChI=1S/C14H14ClF2N3O2/c1-19(8-12-11(15)7-18-20(12)2)13(21)9-3-5-10(6-4-9)22-14(16)17/h3-7,14H,8H2,1-2H3. The largest absolute Gasteiger partial charge is 0.435 e. The Labute approximate surface area is 131 Å². The molecule has 1 aromatic carbocycles. The topological polar surface area (TPSA) is 47.4 Å². The van der Waals surface area contributed by atoms with E-state index >= 15 is 0 Å². The molecule has 0 N–H and O–H groups in total. The van der Waals surface area contributed by atoms with Crippen LogP contribution in [0.15, 0.2) is 30.5 Å². The number of aromatic nitrogens is 2. The van der Waals surface area contributed by atoms with Gasteiger partial charge in [0.1, 0.15) is 5.75 Å². The van der Waals surface area contributed by atoms with E-state index in [4.69, 9.17) is 11.6 Å². The van der Waals surface area contributed by atoms with Crippen molar-refractivity contribution in [2.24, 2.45) is 7.05 Å². The van der Waals surface area contributed by atoms with Crippen molar-refractivity contribution in [1.29, 1.82) is 0 Å². The summed E-state index contributed by atoms with van der Waals surface area (Å²) in [5.74, 6) is -0.259. The maximum Gasteiger partial charge on any atom is 0.387 e. The number of carbonyl (C=O) groups excluding carboxylic acids is 1. The van der Waals surface area contributed by atoms with Crippen LogP contribution in [0.2, 0.25) is 5.02 Å². The lowest BCUT2D eigenvalue weighted by molar-refractivity contribution is -0.0498. The second kappa shape index (κ2) is 6.74. The first kappa shape index (κ1) is 16.2. The number of nitrogens with zero attached hydrogens (tertiary/aromatic N) is 3. The number of rotatable bonds is 5. The van der Waals surface area contributed by atoms with E-state index in [1.807, 2.05) is 0 Å². The van der Waals surface area contributed by atoms with Crippen LogP contribution in [-0.2, 0) is 13.6 Å². The summed E-state index contributed by atoms with van der Waals surface area (Å²) < 4.78 is 30.0. The van der Waals surface area contributed by atoms with E-state index < -0.39 is 6.61 Å². The van der Waals surface area contributed by atoms with Gasteiger partial charge in [0.25, 0.3) is 5.91 Å². The first-order valence-electron chi connectivity index (χ1n) is 6.35. The molecule has 2 aromatic rings. The Hall–Kier alpha value is -2.15. The first-order valence-corrected chi connectivity index (χ1v) is 6.73. The number of hydrogen-bond donors (Lipinski definition) is 0. The van der Waals surface area contributed by atoms with Crippen molar-refractivity contribution in [3.05, 3.63) is 46.7 Å². The summed E-state index contributed by atoms with van der Waals surface area (Å²) >= 11 is 6.00. The van der Waals surface area contributed by atoms with Crippen LogP contribution in [0.4, 0.5) is 8.78 Å². The van der Waals surface area contributed by atoms with Gasteiger partial charge in [-0.3, -0.25) is 9.48 Å². The molecule has 0 bridgehead atoms. The van der Waals surface area contributed by atoms with Crippen molar-refractivity contribution in [3.63, 3.8) is 0 Å². The zero-order chi connectivity index (χ0) is 16.3. The van der Waals surface area contributed by atoms with Gasteiger partial charge in [-0.1, -0.05) is 11.6 Å². The fraction of sp³-hybridized carbons (Fsp3) is 0.286. The highest BCUT2D eigenvalue weighted by Gasteiger charge is 2.16. The summed E-state index contributed by atoms with van der Waals surface area (Å²) in [5.41, 5.74) is 1.07. The number of amides is 1. The van der Waals surface area contributed by atoms with E-state index in [1.165, 1.54) is 35.4 Å². The van der Waals surface area contributed by atoms with Gasteiger partial charge in [-0.25, -0.2) is 0 Å². The third kappa shape index (κ3) is 3.73. The highest BCUT2D eigenvalue weighted by molar-refractivity contribution is 6.31. The van der Waals surface area contributed by atoms with Gasteiger partial charge in [-0.2, -0.15) is 13.9 Å². The van der Waals surface area contributed by atoms with Crippen molar-refractivity contribution >= 4 is 17.5 Å². The average molecular weight is 330 g/mol. The van der Waals surface area contributed by atoms with Gasteiger partial charge in [0, 0.05) is 19.7 Å². The van der Waals surface area contributed by atoms with Gasteiger partial charge < -0.3 is 9.64 Å². The summed E-state index contributed by atoms with van der Waals surface area (Å²) in [4.78, 5) is 13.8. The summed E-state index contributed by atoms with van der Waals surface area (Å²) in [5, 5.41) is 4.47. The molecule has 1 aromatic heterocycles. The van der Waals surface area contributed by atoms with E-state index in [0.717, 1.165) is 0 Å². The number of aryl methyl sites for hydroxylation is 1. The third-order valence-corrected chi connectivity index (χ3v) is 3.39. The van der Waals surface area contributed by atoms with Crippen molar-refractivity contribution in [1.82, 2.24) is 14.7 Å². The molecule has 0 saturated heterocycles. The molecular formula is C14H14ClF2N3O2. The Kier molecular flexibility index (Phi) is 4.97. The molecule has 1 amide bonds. The van der Waals surface area contributed by atoms with Gasteiger partial charge in [0.15, 0.2) is 0 Å². The minimum atomic E-state index is -2.89. The monoisotopic (exact) mass is 329 g/mol. The van der Waals surface area contributed by atoms with Crippen LogP contribution in [-0.4, -0.2) is 34.2 Å². The van der Waals surface area contributed by atoms with Crippen LogP contribution in [0.1, 0.15) is 16.1 Å². The van der Waals surface area contributed by atoms with Gasteiger partial charge >= 0.3 is 6.61 Å². The smallest absolute Gasteiger partial charge is 0.387 e. The minimum absolute atomic E-state index is 0.00359. The minimum Gasteiger partial charge on any atom is -0.435 e. The molecule has 0 atom stereocenters. The Morgan fingerprint density at radius 1 is 1.41 bits per heavy atom. The second-order valence-corrected chi connectivity index (χ2v) is 5.03. The SMILES string of the molecule is CN(Cc1c(Cl)cnn1C)C(=O)c1ccc(OC(F)F)cc1. The molecule has 1 heterocycles. The number of benzene rings is 1. The molecule has 0 saturated carbocycles. The van der Waals surface area contributed by atoms with Crippen LogP contribution in [0.3, 0.4) is 0 Å². The van der Waals surface area contributed by atoms with Crippen molar-refractivity contribution in [2.45, 2.75) is 13.2 Å². The van der Waals surface area contributed by atoms with Crippen molar-refractivity contribution < 1.29 is 18.3 Å². The van der Waals surface area contributed by atoms with Crippen LogP contribution >= 0.6 is 11.6 Å². The molecule has 0 unspecified atom stereocenters. The molecule has 22 heavy (non-hydrogen) atoms. The zero-order valence-corrected chi connectivity index (χ0v) is 12.7. The zero-order valence-electron chi connectivity index (χ0n) is 12.0. The summed E-state index contributed by atoms with van der Waals surface area (Å²) in [6.45, 7) is -2.61. The Morgan fingerprint density at radius 2 is 2.05 bits per heavy atom. The van der Waals surface area contributed by atoms with Crippen LogP contribution in [0, 0.1) is 0 Å². The highest BCUT2D eigenvalue weighted by Crippen LogP contribution is 2.19. The second-order valence-electron chi connectivity index (χ2n) is 4.63. The molecular weight excluding hydrogens is 316 g/mol. The quantitative estimate of drug-likeness (QED) is 0.847. The van der Waals surface area contributed by atoms with Gasteiger partial charge in [-0.15, -0.1) is 0 Å². The van der Waals surface area contributed by atoms with E-state index in [2.05, 4.69) is 9.84 Å². The number of halogens is 3. The van der Waals surface area contributed by atoms with E-state index in [0.29, 0.717) is 16.3 Å². The van der Waals surface area contributed by atoms with Crippen molar-refractivity contribution in [3.8, 4) is 5.75 Å². The predicted octanol–water partition coefficient (Wildman–Crippen LogP) is 2.95. The van der Waals surface area contributed by atoms with Crippen LogP contribution in [0.25, 0.3) is 0 Å². The lowest BCUT2D eigenvalue weighted by atomic mass is 10.2. The molecule has 8 heteroatoms. The van der Waals surface area contributed by atoms with E-state index in [1.54, 1.807) is 18.8 Å². The lowest BCUT2D eigenvalue weighted by Crippen LogP contribution is -2.27. The van der Waals surface area contributed by atoms with Crippen LogP contribution < -0.4 is 4.74 Å². The summed E-state index contributed by atoms with van der Waals surface area (Å²) in [7, 11) is 3.35. The molecule has 0 aliphatic heterocycles. The molecule has 0 fully saturated rings. The predicted molar refractivity (Wildman–Crippen MR) is 77.1 cm³/mol. The maximum atomic E-state index is 12.3. The van der Waals surface area contributed by atoms with Crippen LogP contribution in [0.5, 0.6) is 5.75 Å². The lowest BCUT2D eigenvalue weighted by Gasteiger charge is -2.18. The fourth-order valence-electron chi connectivity index (χ4n) is 1.91. The normalized spacial score (nSPS) is 10.8. The molecule has 2 rings (SSSR count). The number of hydrogen-bond acceptors (Lipinski definition) is 3. The first-order chi connectivity index (χ1) is 10.4. The van der Waals surface area contributed by atoms with E-state index in [9.17, 15) is 13.6 Å². The molecule has 0 radical (unpaired) electrons. The molecule has 118 valence electrons. The Bertz CT molecular complexity index is 639. The Balaban J connectivity index is 2.07. The number of carbonyl (C=O) groups is 1. The maximum absolute atomic E-state index is 12.3. The summed E-state index contributed by atoms with van der Waals surface area (Å²) in [6, 6.07) is 5.51. The van der Waals surface area contributed by atoms with Crippen molar-refractivity contribution in [2.75, 3.05) is 7.05 Å². The van der Waals surface area contributed by atoms with Gasteiger partial charge in [0.05, 0.1) is 23.5 Å². The number of ether oxygens (including phenoxy) is 1.